The van der Waals surface area contributed by atoms with E-state index in [2.05, 4.69) is 93.7 Å². The lowest BCUT2D eigenvalue weighted by molar-refractivity contribution is -0.167. The zero-order chi connectivity index (χ0) is 59.2. The minimum Gasteiger partial charge on any atom is -0.462 e. The molecule has 0 aliphatic rings. The Morgan fingerprint density at radius 2 is 0.500 bits per heavy atom. The summed E-state index contributed by atoms with van der Waals surface area (Å²) in [5.74, 6) is -0.873. The van der Waals surface area contributed by atoms with Crippen molar-refractivity contribution in [1.82, 2.24) is 0 Å². The van der Waals surface area contributed by atoms with E-state index in [1.807, 2.05) is 0 Å². The molecule has 0 spiro atoms. The fourth-order valence-electron chi connectivity index (χ4n) is 10.6. The minimum absolute atomic E-state index is 0.0763. The van der Waals surface area contributed by atoms with Gasteiger partial charge >= 0.3 is 17.9 Å². The van der Waals surface area contributed by atoms with E-state index in [-0.39, 0.29) is 31.1 Å². The van der Waals surface area contributed by atoms with Gasteiger partial charge in [0.05, 0.1) is 0 Å². The highest BCUT2D eigenvalue weighted by molar-refractivity contribution is 5.71. The number of unbranched alkanes of at least 4 members (excludes halogenated alkanes) is 43. The third-order valence-corrected chi connectivity index (χ3v) is 15.9. The number of allylic oxidation sites excluding steroid dienone is 12. The summed E-state index contributed by atoms with van der Waals surface area (Å²) in [5, 5.41) is 0. The van der Waals surface area contributed by atoms with Gasteiger partial charge in [-0.3, -0.25) is 14.4 Å². The lowest BCUT2D eigenvalue weighted by atomic mass is 10.0. The van der Waals surface area contributed by atoms with Crippen molar-refractivity contribution < 1.29 is 28.6 Å². The van der Waals surface area contributed by atoms with Gasteiger partial charge in [0.15, 0.2) is 6.10 Å². The van der Waals surface area contributed by atoms with Crippen molar-refractivity contribution in [1.29, 1.82) is 0 Å². The van der Waals surface area contributed by atoms with E-state index >= 15 is 0 Å². The molecule has 0 aliphatic carbocycles. The first kappa shape index (κ1) is 78.8. The van der Waals surface area contributed by atoms with Crippen molar-refractivity contribution in [2.45, 2.75) is 380 Å². The topological polar surface area (TPSA) is 78.9 Å². The van der Waals surface area contributed by atoms with Crippen LogP contribution in [0.1, 0.15) is 374 Å². The van der Waals surface area contributed by atoms with E-state index in [0.29, 0.717) is 19.3 Å². The lowest BCUT2D eigenvalue weighted by Crippen LogP contribution is -2.30. The highest BCUT2D eigenvalue weighted by Gasteiger charge is 2.19. The van der Waals surface area contributed by atoms with Gasteiger partial charge in [-0.1, -0.05) is 325 Å². The van der Waals surface area contributed by atoms with E-state index in [4.69, 9.17) is 14.2 Å². The molecule has 0 radical (unpaired) electrons. The van der Waals surface area contributed by atoms with Gasteiger partial charge in [0.2, 0.25) is 0 Å². The van der Waals surface area contributed by atoms with Crippen LogP contribution in [0, 0.1) is 0 Å². The zero-order valence-corrected chi connectivity index (χ0v) is 54.8. The van der Waals surface area contributed by atoms with Crippen molar-refractivity contribution in [2.75, 3.05) is 13.2 Å². The highest BCUT2D eigenvalue weighted by Crippen LogP contribution is 2.18. The predicted molar refractivity (Wildman–Crippen MR) is 358 cm³/mol. The van der Waals surface area contributed by atoms with Gasteiger partial charge in [-0.05, 0) is 103 Å². The van der Waals surface area contributed by atoms with E-state index in [1.54, 1.807) is 0 Å². The molecule has 476 valence electrons. The number of hydrogen-bond donors (Lipinski definition) is 0. The van der Waals surface area contributed by atoms with Crippen molar-refractivity contribution in [3.63, 3.8) is 0 Å². The van der Waals surface area contributed by atoms with Crippen molar-refractivity contribution in [3.05, 3.63) is 72.9 Å². The highest BCUT2D eigenvalue weighted by atomic mass is 16.6. The molecular weight excluding hydrogens is 1010 g/mol. The molecule has 0 aromatic rings. The third kappa shape index (κ3) is 67.6. The average Bonchev–Trinajstić information content (AvgIpc) is 3.47. The van der Waals surface area contributed by atoms with Crippen LogP contribution in [0.25, 0.3) is 0 Å². The maximum atomic E-state index is 12.9. The largest absolute Gasteiger partial charge is 0.462 e. The summed E-state index contributed by atoms with van der Waals surface area (Å²) < 4.78 is 16.9. The summed E-state index contributed by atoms with van der Waals surface area (Å²) in [6, 6.07) is 0. The van der Waals surface area contributed by atoms with Gasteiger partial charge < -0.3 is 14.2 Å². The van der Waals surface area contributed by atoms with Crippen molar-refractivity contribution >= 4 is 17.9 Å². The molecule has 6 nitrogen and oxygen atoms in total. The van der Waals surface area contributed by atoms with Crippen LogP contribution in [-0.2, 0) is 28.6 Å². The molecule has 0 bridgehead atoms. The fraction of sp³-hybridized carbons (Fsp3) is 0.803. The first-order valence-corrected chi connectivity index (χ1v) is 35.9. The quantitative estimate of drug-likeness (QED) is 0.0261. The number of rotatable bonds is 66. The average molecular weight is 1150 g/mol. The second-order valence-electron chi connectivity index (χ2n) is 24.1. The van der Waals surface area contributed by atoms with Crippen LogP contribution >= 0.6 is 0 Å². The summed E-state index contributed by atoms with van der Waals surface area (Å²) >= 11 is 0. The number of carbonyl (C=O) groups is 3. The van der Waals surface area contributed by atoms with Crippen molar-refractivity contribution in [2.24, 2.45) is 0 Å². The summed E-state index contributed by atoms with van der Waals surface area (Å²) in [5.41, 5.74) is 0. The molecule has 0 amide bonds. The first-order valence-electron chi connectivity index (χ1n) is 35.9. The van der Waals surface area contributed by atoms with Crippen LogP contribution in [0.5, 0.6) is 0 Å². The number of hydrogen-bond acceptors (Lipinski definition) is 6. The fourth-order valence-corrected chi connectivity index (χ4v) is 10.6. The van der Waals surface area contributed by atoms with Gasteiger partial charge in [0.25, 0.3) is 0 Å². The van der Waals surface area contributed by atoms with Gasteiger partial charge in [-0.25, -0.2) is 0 Å². The lowest BCUT2D eigenvalue weighted by Gasteiger charge is -2.18. The van der Waals surface area contributed by atoms with E-state index in [9.17, 15) is 14.4 Å². The van der Waals surface area contributed by atoms with Crippen LogP contribution in [0.4, 0.5) is 0 Å². The molecule has 0 N–H and O–H groups in total. The Morgan fingerprint density at radius 1 is 0.256 bits per heavy atom. The van der Waals surface area contributed by atoms with E-state index in [0.717, 1.165) is 96.3 Å². The Kier molecular flexibility index (Phi) is 67.6. The monoisotopic (exact) mass is 1150 g/mol. The summed E-state index contributed by atoms with van der Waals surface area (Å²) in [7, 11) is 0. The van der Waals surface area contributed by atoms with Gasteiger partial charge in [-0.2, -0.15) is 0 Å². The Morgan fingerprint density at radius 3 is 0.805 bits per heavy atom. The van der Waals surface area contributed by atoms with E-state index < -0.39 is 6.10 Å². The van der Waals surface area contributed by atoms with Crippen LogP contribution in [0.2, 0.25) is 0 Å². The van der Waals surface area contributed by atoms with Crippen LogP contribution in [-0.4, -0.2) is 37.2 Å². The molecule has 0 saturated heterocycles. The zero-order valence-electron chi connectivity index (χ0n) is 54.8. The molecule has 0 fully saturated rings. The Labute approximate surface area is 510 Å². The van der Waals surface area contributed by atoms with Gasteiger partial charge in [0, 0.05) is 19.3 Å². The van der Waals surface area contributed by atoms with Crippen LogP contribution in [0.15, 0.2) is 72.9 Å². The molecule has 0 aliphatic heterocycles. The summed E-state index contributed by atoms with van der Waals surface area (Å²) in [4.78, 5) is 38.3. The Balaban J connectivity index is 4.12. The standard InChI is InChI=1S/C76H136O6/c1-4-7-10-13-16-19-22-24-26-28-30-32-34-35-36-37-38-39-40-41-43-44-46-48-50-52-54-57-60-63-66-69-75(78)81-72-73(71-80-74(77)68-65-62-59-56-21-18-15-12-9-6-3)82-76(79)70-67-64-61-58-55-53-51-49-47-45-42-33-31-29-27-25-23-20-17-14-11-8-5-2/h8,11-12,15,17,20,25,27-28,30-31,33,73H,4-7,9-10,13-14,16,18-19,21-24,26,29,32,34-72H2,1-3H3/b11-8-,15-12-,20-17-,27-25-,30-28-,33-31-. The number of ether oxygens (including phenoxy) is 3. The molecule has 0 aromatic heterocycles. The SMILES string of the molecule is CC/C=C\C/C=C\C/C=C\C/C=C\CCCCCCCCCCCCC(=O)OC(COC(=O)CCCCCCC/C=C\CCC)COC(=O)CCCCCCCCCCCCCCCCCCCCC/C=C\CCCCCCCCCC. The number of carbonyl (C=O) groups excluding carboxylic acids is 3. The molecule has 0 saturated carbocycles. The summed E-state index contributed by atoms with van der Waals surface area (Å²) in [6.45, 7) is 6.51. The normalized spacial score (nSPS) is 12.5. The third-order valence-electron chi connectivity index (χ3n) is 15.9. The Hall–Kier alpha value is -3.15. The second kappa shape index (κ2) is 70.3. The molecule has 1 unspecified atom stereocenters. The predicted octanol–water partition coefficient (Wildman–Crippen LogP) is 24.8. The van der Waals surface area contributed by atoms with Crippen LogP contribution < -0.4 is 0 Å². The van der Waals surface area contributed by atoms with Crippen molar-refractivity contribution in [3.8, 4) is 0 Å². The Bertz CT molecular complexity index is 1500. The maximum Gasteiger partial charge on any atom is 0.306 e. The molecule has 1 atom stereocenters. The number of esters is 3. The molecule has 0 heterocycles. The minimum atomic E-state index is -0.781. The van der Waals surface area contributed by atoms with E-state index in [1.165, 1.54) is 238 Å². The smallest absolute Gasteiger partial charge is 0.306 e. The van der Waals surface area contributed by atoms with Crippen LogP contribution in [0.3, 0.4) is 0 Å². The van der Waals surface area contributed by atoms with Gasteiger partial charge in [-0.15, -0.1) is 0 Å². The molecule has 6 heteroatoms. The second-order valence-corrected chi connectivity index (χ2v) is 24.1. The first-order chi connectivity index (χ1) is 40.5. The molecular formula is C76H136O6. The summed E-state index contributed by atoms with van der Waals surface area (Å²) in [6.07, 6.45) is 92.4. The van der Waals surface area contributed by atoms with Gasteiger partial charge in [0.1, 0.15) is 13.2 Å². The maximum absolute atomic E-state index is 12.9. The molecule has 82 heavy (non-hydrogen) atoms. The molecule has 0 aromatic carbocycles. The molecule has 0 rings (SSSR count).